The monoisotopic (exact) mass is 101 g/mol. The lowest BCUT2D eigenvalue weighted by atomic mass is 9.95. The van der Waals surface area contributed by atoms with Crippen LogP contribution < -0.4 is 5.84 Å². The smallest absolute Gasteiger partial charge is 0.0595 e. The van der Waals surface area contributed by atoms with Crippen LogP contribution in [0.15, 0.2) is 0 Å². The number of hydrogen-bond acceptors (Lipinski definition) is 1. The van der Waals surface area contributed by atoms with Gasteiger partial charge in [-0.2, -0.15) is 5.01 Å². The van der Waals surface area contributed by atoms with Gasteiger partial charge in [-0.3, -0.25) is 5.84 Å². The van der Waals surface area contributed by atoms with E-state index < -0.39 is 0 Å². The van der Waals surface area contributed by atoms with Crippen LogP contribution in [0.3, 0.4) is 0 Å². The molecule has 1 heterocycles. The van der Waals surface area contributed by atoms with Crippen molar-refractivity contribution < 1.29 is 5.84 Å². The van der Waals surface area contributed by atoms with E-state index in [1.54, 1.807) is 0 Å². The fraction of sp³-hybridized carbons (Fsp3) is 1.00. The fourth-order valence-corrected chi connectivity index (χ4v) is 0.911. The van der Waals surface area contributed by atoms with Gasteiger partial charge in [0.25, 0.3) is 0 Å². The van der Waals surface area contributed by atoms with Crippen molar-refractivity contribution in [3.8, 4) is 0 Å². The van der Waals surface area contributed by atoms with Crippen molar-refractivity contribution in [3.05, 3.63) is 0 Å². The molecule has 0 saturated carbocycles. The summed E-state index contributed by atoms with van der Waals surface area (Å²) in [6, 6.07) is 0.722. The molecule has 2 heteroatoms. The second-order valence-electron chi connectivity index (χ2n) is 2.49. The first kappa shape index (κ1) is 5.06. The maximum atomic E-state index is 3.81. The number of rotatable bonds is 0. The molecule has 2 unspecified atom stereocenters. The van der Waals surface area contributed by atoms with Crippen LogP contribution in [0.2, 0.25) is 0 Å². The summed E-state index contributed by atoms with van der Waals surface area (Å²) in [5.41, 5.74) is 0. The molecule has 2 atom stereocenters. The normalized spacial score (nSPS) is 43.3. The van der Waals surface area contributed by atoms with Gasteiger partial charge in [0.05, 0.1) is 12.6 Å². The Morgan fingerprint density at radius 2 is 2.14 bits per heavy atom. The third-order valence-electron chi connectivity index (χ3n) is 1.92. The third-order valence-corrected chi connectivity index (χ3v) is 1.92. The Labute approximate surface area is 44.3 Å². The zero-order chi connectivity index (χ0) is 5.44. The minimum Gasteiger partial charge on any atom is -0.278 e. The van der Waals surface area contributed by atoms with Crippen molar-refractivity contribution in [2.75, 3.05) is 6.54 Å². The summed E-state index contributed by atoms with van der Waals surface area (Å²) in [7, 11) is 0. The summed E-state index contributed by atoms with van der Waals surface area (Å²) < 4.78 is 0. The molecule has 0 aliphatic carbocycles. The van der Waals surface area contributed by atoms with E-state index in [1.165, 1.54) is 6.54 Å². The van der Waals surface area contributed by atoms with Gasteiger partial charge in [0.2, 0.25) is 0 Å². The summed E-state index contributed by atoms with van der Waals surface area (Å²) in [5, 5.41) is 2.12. The van der Waals surface area contributed by atoms with Crippen molar-refractivity contribution in [2.45, 2.75) is 19.9 Å². The van der Waals surface area contributed by atoms with Crippen LogP contribution in [0.25, 0.3) is 0 Å². The molecule has 7 heavy (non-hydrogen) atoms. The number of hydrogen-bond donors (Lipinski definition) is 1. The molecule has 0 aromatic carbocycles. The molecular weight excluding hydrogens is 88.1 g/mol. The lowest BCUT2D eigenvalue weighted by molar-refractivity contribution is -0.611. The largest absolute Gasteiger partial charge is 0.278 e. The SMILES string of the molecule is CC1CN([NH3+])C1C. The highest BCUT2D eigenvalue weighted by molar-refractivity contribution is 4.78. The number of quaternary nitrogens is 1. The van der Waals surface area contributed by atoms with Crippen molar-refractivity contribution in [1.29, 1.82) is 0 Å². The Morgan fingerprint density at radius 3 is 2.14 bits per heavy atom. The van der Waals surface area contributed by atoms with Crippen LogP contribution in [0.5, 0.6) is 0 Å². The Morgan fingerprint density at radius 1 is 1.57 bits per heavy atom. The van der Waals surface area contributed by atoms with Gasteiger partial charge >= 0.3 is 0 Å². The predicted molar refractivity (Wildman–Crippen MR) is 28.2 cm³/mol. The van der Waals surface area contributed by atoms with Gasteiger partial charge in [-0.1, -0.05) is 6.92 Å². The van der Waals surface area contributed by atoms with Crippen LogP contribution in [0.4, 0.5) is 0 Å². The van der Waals surface area contributed by atoms with Gasteiger partial charge < -0.3 is 0 Å². The summed E-state index contributed by atoms with van der Waals surface area (Å²) in [6.45, 7) is 5.65. The standard InChI is InChI=1S/C5H12N2/c1-4-3-7(6)5(4)2/h4-5H,3,6H2,1-2H3/p+1. The molecule has 1 fully saturated rings. The summed E-state index contributed by atoms with van der Waals surface area (Å²) in [6.07, 6.45) is 0. The highest BCUT2D eigenvalue weighted by Gasteiger charge is 2.31. The Kier molecular flexibility index (Phi) is 1.05. The molecule has 42 valence electrons. The predicted octanol–water partition coefficient (Wildman–Crippen LogP) is -0.516. The fourth-order valence-electron chi connectivity index (χ4n) is 0.911. The summed E-state index contributed by atoms with van der Waals surface area (Å²) in [4.78, 5) is 0. The highest BCUT2D eigenvalue weighted by atomic mass is 15.5. The van der Waals surface area contributed by atoms with E-state index in [0.717, 1.165) is 12.0 Å². The Balaban J connectivity index is 2.29. The van der Waals surface area contributed by atoms with E-state index >= 15 is 0 Å². The molecule has 1 aliphatic heterocycles. The second kappa shape index (κ2) is 1.46. The maximum Gasteiger partial charge on any atom is 0.0595 e. The first-order valence-corrected chi connectivity index (χ1v) is 2.79. The van der Waals surface area contributed by atoms with E-state index in [2.05, 4.69) is 24.7 Å². The van der Waals surface area contributed by atoms with Gasteiger partial charge in [0.1, 0.15) is 0 Å². The molecule has 1 rings (SSSR count). The highest BCUT2D eigenvalue weighted by Crippen LogP contribution is 2.17. The van der Waals surface area contributed by atoms with Crippen LogP contribution in [-0.2, 0) is 0 Å². The van der Waals surface area contributed by atoms with Crippen molar-refractivity contribution >= 4 is 0 Å². The molecular formula is C5H13N2+. The molecule has 2 nitrogen and oxygen atoms in total. The molecule has 0 aromatic rings. The van der Waals surface area contributed by atoms with Crippen LogP contribution >= 0.6 is 0 Å². The minimum atomic E-state index is 0.722. The van der Waals surface area contributed by atoms with Crippen LogP contribution in [0.1, 0.15) is 13.8 Å². The minimum absolute atomic E-state index is 0.722. The Hall–Kier alpha value is -0.0800. The van der Waals surface area contributed by atoms with Crippen LogP contribution in [-0.4, -0.2) is 17.6 Å². The summed E-state index contributed by atoms with van der Waals surface area (Å²) >= 11 is 0. The molecule has 1 aliphatic rings. The second-order valence-corrected chi connectivity index (χ2v) is 2.49. The van der Waals surface area contributed by atoms with Gasteiger partial charge in [-0.15, -0.1) is 0 Å². The molecule has 0 radical (unpaired) electrons. The first-order chi connectivity index (χ1) is 3.22. The number of nitrogens with zero attached hydrogens (tertiary/aromatic N) is 1. The molecule has 3 N–H and O–H groups in total. The molecule has 0 amide bonds. The maximum absolute atomic E-state index is 3.81. The van der Waals surface area contributed by atoms with E-state index in [9.17, 15) is 0 Å². The van der Waals surface area contributed by atoms with E-state index in [4.69, 9.17) is 0 Å². The van der Waals surface area contributed by atoms with Gasteiger partial charge in [-0.05, 0) is 12.8 Å². The average molecular weight is 101 g/mol. The van der Waals surface area contributed by atoms with Gasteiger partial charge in [-0.25, -0.2) is 0 Å². The molecule has 0 spiro atoms. The van der Waals surface area contributed by atoms with Crippen molar-refractivity contribution in [1.82, 2.24) is 5.01 Å². The third kappa shape index (κ3) is 0.640. The first-order valence-electron chi connectivity index (χ1n) is 2.79. The lowest BCUT2D eigenvalue weighted by Crippen LogP contribution is -2.78. The van der Waals surface area contributed by atoms with Crippen LogP contribution in [0, 0.1) is 5.92 Å². The average Bonchev–Trinajstić information content (AvgIpc) is 1.68. The molecule has 0 aromatic heterocycles. The lowest BCUT2D eigenvalue weighted by Gasteiger charge is -2.37. The van der Waals surface area contributed by atoms with Crippen molar-refractivity contribution in [2.24, 2.45) is 5.92 Å². The zero-order valence-corrected chi connectivity index (χ0v) is 5.02. The molecule has 1 saturated heterocycles. The van der Waals surface area contributed by atoms with Gasteiger partial charge in [0.15, 0.2) is 0 Å². The Bertz CT molecular complexity index is 64.5. The topological polar surface area (TPSA) is 30.9 Å². The van der Waals surface area contributed by atoms with Gasteiger partial charge in [0, 0.05) is 0 Å². The van der Waals surface area contributed by atoms with E-state index in [0.29, 0.717) is 0 Å². The molecule has 0 bridgehead atoms. The van der Waals surface area contributed by atoms with E-state index in [1.807, 2.05) is 0 Å². The quantitative estimate of drug-likeness (QED) is 0.437. The van der Waals surface area contributed by atoms with Crippen molar-refractivity contribution in [3.63, 3.8) is 0 Å². The summed E-state index contributed by atoms with van der Waals surface area (Å²) in [5.74, 6) is 4.68. The van der Waals surface area contributed by atoms with E-state index in [-0.39, 0.29) is 0 Å². The zero-order valence-electron chi connectivity index (χ0n) is 5.02.